The lowest BCUT2D eigenvalue weighted by molar-refractivity contribution is 0.215. The fourth-order valence-electron chi connectivity index (χ4n) is 2.72. The Balaban J connectivity index is 1.79. The maximum Gasteiger partial charge on any atom is 0.192 e. The molecule has 2 heterocycles. The number of aliphatic imine (C=N–C) groups is 1. The first-order chi connectivity index (χ1) is 10.1. The molecular formula is C16H18ClN3S. The summed E-state index contributed by atoms with van der Waals surface area (Å²) in [4.78, 5) is 7.98. The highest BCUT2D eigenvalue weighted by molar-refractivity contribution is 7.09. The van der Waals surface area contributed by atoms with Crippen molar-refractivity contribution in [2.45, 2.75) is 25.4 Å². The van der Waals surface area contributed by atoms with Gasteiger partial charge in [-0.15, -0.1) is 11.3 Å². The fourth-order valence-corrected chi connectivity index (χ4v) is 3.54. The smallest absolute Gasteiger partial charge is 0.192 e. The molecule has 1 aromatic carbocycles. The number of halogens is 1. The van der Waals surface area contributed by atoms with Crippen molar-refractivity contribution in [2.24, 2.45) is 10.7 Å². The van der Waals surface area contributed by atoms with E-state index in [4.69, 9.17) is 17.3 Å². The second-order valence-corrected chi connectivity index (χ2v) is 7.11. The average molecular weight is 320 g/mol. The largest absolute Gasteiger partial charge is 0.370 e. The Labute approximate surface area is 134 Å². The normalized spacial score (nSPS) is 21.6. The highest BCUT2D eigenvalue weighted by atomic mass is 35.5. The van der Waals surface area contributed by atoms with Gasteiger partial charge in [-0.05, 0) is 42.5 Å². The molecule has 0 amide bonds. The molecule has 1 unspecified atom stereocenters. The third-order valence-corrected chi connectivity index (χ3v) is 5.02. The van der Waals surface area contributed by atoms with Gasteiger partial charge in [0.1, 0.15) is 0 Å². The molecule has 0 radical (unpaired) electrons. The molecule has 5 heteroatoms. The Bertz CT molecular complexity index is 636. The molecule has 0 fully saturated rings. The molecule has 0 spiro atoms. The van der Waals surface area contributed by atoms with Gasteiger partial charge in [0.05, 0.1) is 18.6 Å². The summed E-state index contributed by atoms with van der Waals surface area (Å²) >= 11 is 7.71. The summed E-state index contributed by atoms with van der Waals surface area (Å²) in [5.41, 5.74) is 7.28. The SMILES string of the molecule is CC1(Cc2ccc(Cl)cc2)CN=C(N)N1Cc1cccs1. The van der Waals surface area contributed by atoms with E-state index in [-0.39, 0.29) is 5.54 Å². The summed E-state index contributed by atoms with van der Waals surface area (Å²) < 4.78 is 0. The van der Waals surface area contributed by atoms with E-state index >= 15 is 0 Å². The molecule has 3 rings (SSSR count). The third-order valence-electron chi connectivity index (χ3n) is 3.90. The monoisotopic (exact) mass is 319 g/mol. The summed E-state index contributed by atoms with van der Waals surface area (Å²) in [6, 6.07) is 12.2. The van der Waals surface area contributed by atoms with Crippen LogP contribution in [0.5, 0.6) is 0 Å². The Morgan fingerprint density at radius 1 is 1.33 bits per heavy atom. The zero-order chi connectivity index (χ0) is 14.9. The van der Waals surface area contributed by atoms with Crippen molar-refractivity contribution in [3.8, 4) is 0 Å². The predicted octanol–water partition coefficient (Wildman–Crippen LogP) is 3.53. The van der Waals surface area contributed by atoms with E-state index in [0.717, 1.165) is 24.5 Å². The van der Waals surface area contributed by atoms with E-state index < -0.39 is 0 Å². The summed E-state index contributed by atoms with van der Waals surface area (Å²) in [5.74, 6) is 0.639. The number of hydrogen-bond donors (Lipinski definition) is 1. The summed E-state index contributed by atoms with van der Waals surface area (Å²) in [6.45, 7) is 3.77. The van der Waals surface area contributed by atoms with Crippen LogP contribution in [0.2, 0.25) is 5.02 Å². The Morgan fingerprint density at radius 3 is 2.76 bits per heavy atom. The summed E-state index contributed by atoms with van der Waals surface area (Å²) in [5, 5.41) is 2.86. The lowest BCUT2D eigenvalue weighted by Crippen LogP contribution is -2.50. The van der Waals surface area contributed by atoms with Crippen molar-refractivity contribution in [2.75, 3.05) is 6.54 Å². The van der Waals surface area contributed by atoms with E-state index in [1.54, 1.807) is 11.3 Å². The molecular weight excluding hydrogens is 302 g/mol. The van der Waals surface area contributed by atoms with E-state index in [1.165, 1.54) is 10.4 Å². The van der Waals surface area contributed by atoms with Crippen molar-refractivity contribution >= 4 is 28.9 Å². The molecule has 0 bridgehead atoms. The standard InChI is InChI=1S/C16H18ClN3S/c1-16(9-12-4-6-13(17)7-5-12)11-19-15(18)20(16)10-14-3-2-8-21-14/h2-8H,9-11H2,1H3,(H2,18,19). The number of hydrogen-bond acceptors (Lipinski definition) is 4. The first-order valence-electron chi connectivity index (χ1n) is 6.91. The van der Waals surface area contributed by atoms with Gasteiger partial charge < -0.3 is 10.6 Å². The zero-order valence-electron chi connectivity index (χ0n) is 11.9. The fraction of sp³-hybridized carbons (Fsp3) is 0.312. The Kier molecular flexibility index (Phi) is 3.91. The van der Waals surface area contributed by atoms with Crippen LogP contribution >= 0.6 is 22.9 Å². The second-order valence-electron chi connectivity index (χ2n) is 5.64. The lowest BCUT2D eigenvalue weighted by atomic mass is 9.92. The summed E-state index contributed by atoms with van der Waals surface area (Å²) in [7, 11) is 0. The van der Waals surface area contributed by atoms with Crippen molar-refractivity contribution in [1.82, 2.24) is 4.90 Å². The first-order valence-corrected chi connectivity index (χ1v) is 8.17. The molecule has 0 saturated carbocycles. The van der Waals surface area contributed by atoms with E-state index in [2.05, 4.69) is 46.5 Å². The lowest BCUT2D eigenvalue weighted by Gasteiger charge is -2.36. The van der Waals surface area contributed by atoms with Gasteiger partial charge >= 0.3 is 0 Å². The molecule has 1 aliphatic heterocycles. The minimum Gasteiger partial charge on any atom is -0.370 e. The minimum atomic E-state index is -0.0814. The quantitative estimate of drug-likeness (QED) is 0.936. The van der Waals surface area contributed by atoms with Crippen LogP contribution in [-0.4, -0.2) is 22.9 Å². The highest BCUT2D eigenvalue weighted by Gasteiger charge is 2.38. The predicted molar refractivity (Wildman–Crippen MR) is 89.9 cm³/mol. The van der Waals surface area contributed by atoms with Crippen LogP contribution in [0, 0.1) is 0 Å². The van der Waals surface area contributed by atoms with Crippen molar-refractivity contribution in [3.63, 3.8) is 0 Å². The van der Waals surface area contributed by atoms with Gasteiger partial charge in [0, 0.05) is 9.90 Å². The molecule has 110 valence electrons. The molecule has 0 aliphatic carbocycles. The molecule has 2 N–H and O–H groups in total. The number of thiophene rings is 1. The van der Waals surface area contributed by atoms with Gasteiger partial charge in [0.15, 0.2) is 5.96 Å². The van der Waals surface area contributed by atoms with Crippen LogP contribution in [0.4, 0.5) is 0 Å². The van der Waals surface area contributed by atoms with Crippen LogP contribution < -0.4 is 5.73 Å². The Morgan fingerprint density at radius 2 is 2.10 bits per heavy atom. The van der Waals surface area contributed by atoms with Gasteiger partial charge in [-0.1, -0.05) is 29.8 Å². The number of nitrogens with two attached hydrogens (primary N) is 1. The van der Waals surface area contributed by atoms with Crippen LogP contribution in [0.3, 0.4) is 0 Å². The van der Waals surface area contributed by atoms with Gasteiger partial charge in [-0.2, -0.15) is 0 Å². The van der Waals surface area contributed by atoms with Crippen molar-refractivity contribution < 1.29 is 0 Å². The van der Waals surface area contributed by atoms with Gasteiger partial charge in [-0.3, -0.25) is 4.99 Å². The van der Waals surface area contributed by atoms with E-state index in [9.17, 15) is 0 Å². The number of benzene rings is 1. The first kappa shape index (κ1) is 14.4. The second kappa shape index (κ2) is 5.70. The average Bonchev–Trinajstić information content (AvgIpc) is 3.06. The number of rotatable bonds is 4. The molecule has 1 aliphatic rings. The van der Waals surface area contributed by atoms with Gasteiger partial charge in [-0.25, -0.2) is 0 Å². The molecule has 3 nitrogen and oxygen atoms in total. The molecule has 1 aromatic heterocycles. The highest BCUT2D eigenvalue weighted by Crippen LogP contribution is 2.29. The number of guanidine groups is 1. The van der Waals surface area contributed by atoms with Gasteiger partial charge in [0.25, 0.3) is 0 Å². The van der Waals surface area contributed by atoms with Gasteiger partial charge in [0.2, 0.25) is 0 Å². The van der Waals surface area contributed by atoms with Crippen LogP contribution in [0.1, 0.15) is 17.4 Å². The third kappa shape index (κ3) is 3.06. The summed E-state index contributed by atoms with van der Waals surface area (Å²) in [6.07, 6.45) is 0.903. The molecule has 21 heavy (non-hydrogen) atoms. The van der Waals surface area contributed by atoms with Crippen molar-refractivity contribution in [1.29, 1.82) is 0 Å². The van der Waals surface area contributed by atoms with E-state index in [0.29, 0.717) is 5.96 Å². The maximum absolute atomic E-state index is 6.11. The van der Waals surface area contributed by atoms with Crippen molar-refractivity contribution in [3.05, 3.63) is 57.2 Å². The Hall–Kier alpha value is -1.52. The van der Waals surface area contributed by atoms with Crippen LogP contribution in [0.25, 0.3) is 0 Å². The van der Waals surface area contributed by atoms with Crippen LogP contribution in [-0.2, 0) is 13.0 Å². The minimum absolute atomic E-state index is 0.0814. The molecule has 2 aromatic rings. The van der Waals surface area contributed by atoms with E-state index in [1.807, 2.05) is 12.1 Å². The zero-order valence-corrected chi connectivity index (χ0v) is 13.5. The number of nitrogens with zero attached hydrogens (tertiary/aromatic N) is 2. The van der Waals surface area contributed by atoms with Crippen LogP contribution in [0.15, 0.2) is 46.8 Å². The molecule has 0 saturated heterocycles. The molecule has 1 atom stereocenters. The maximum atomic E-state index is 6.11. The topological polar surface area (TPSA) is 41.6 Å².